The number of hydrogen-bond acceptors (Lipinski definition) is 11. The summed E-state index contributed by atoms with van der Waals surface area (Å²) in [5.74, 6) is 0.219. The summed E-state index contributed by atoms with van der Waals surface area (Å²) in [4.78, 5) is 47.0. The molecule has 0 unspecified atom stereocenters. The number of nitrogens with one attached hydrogen (secondary N) is 2. The number of aromatic nitrogens is 3. The van der Waals surface area contributed by atoms with E-state index in [4.69, 9.17) is 23.9 Å². The minimum absolute atomic E-state index is 0.0981. The topological polar surface area (TPSA) is 154 Å². The number of methoxy groups -OCH3 is 1. The predicted molar refractivity (Wildman–Crippen MR) is 190 cm³/mol. The molecule has 13 heteroatoms. The van der Waals surface area contributed by atoms with Gasteiger partial charge in [-0.15, -0.1) is 0 Å². The largest absolute Gasteiger partial charge is 0.508 e. The lowest BCUT2D eigenvalue weighted by molar-refractivity contribution is -0.0771. The Morgan fingerprint density at radius 3 is 2.24 bits per heavy atom. The lowest BCUT2D eigenvalue weighted by Gasteiger charge is -2.37. The molecule has 2 aromatic heterocycles. The normalized spacial score (nSPS) is 18.8. The molecular formula is C37H40N4O8S. The first kappa shape index (κ1) is 34.9. The van der Waals surface area contributed by atoms with Crippen LogP contribution in [0.15, 0.2) is 94.5 Å². The Kier molecular flexibility index (Phi) is 10.4. The van der Waals surface area contributed by atoms with Gasteiger partial charge in [0.2, 0.25) is 5.95 Å². The van der Waals surface area contributed by atoms with Gasteiger partial charge in [0.25, 0.3) is 5.56 Å². The molecule has 12 nitrogen and oxygen atoms in total. The summed E-state index contributed by atoms with van der Waals surface area (Å²) in [6.45, 7) is 5.32. The standard InChI is InChI=1S/C37H40N4O8S/c1-5-28(42)29-21-27(22(3)48-36(45)47-6-2)33(49-29)41-31-30(50-35(41)44)32(43)39-34(38-31)40-37(23-13-9-7-10-14-23,24-15-11-8-12-16-24)25-17-19-26(46-4)20-18-25/h7-20,22,27-29,33,42H,5-6,21H2,1-4H3,(H2,38,39,40,43)/t22-,27+,28+,29+,33-/m1/s1. The molecule has 0 saturated carbocycles. The number of anilines is 1. The van der Waals surface area contributed by atoms with E-state index in [1.165, 1.54) is 4.57 Å². The van der Waals surface area contributed by atoms with Crippen molar-refractivity contribution < 1.29 is 28.8 Å². The summed E-state index contributed by atoms with van der Waals surface area (Å²) in [7, 11) is 1.60. The van der Waals surface area contributed by atoms with Crippen molar-refractivity contribution in [2.45, 2.75) is 63.7 Å². The Labute approximate surface area is 292 Å². The molecule has 1 aliphatic heterocycles. The molecule has 1 fully saturated rings. The maximum Gasteiger partial charge on any atom is 0.508 e. The molecule has 262 valence electrons. The van der Waals surface area contributed by atoms with E-state index < -0.39 is 52.6 Å². The molecular weight excluding hydrogens is 660 g/mol. The molecule has 3 N–H and O–H groups in total. The molecule has 0 amide bonds. The van der Waals surface area contributed by atoms with Crippen molar-refractivity contribution in [2.24, 2.45) is 5.92 Å². The highest BCUT2D eigenvalue weighted by molar-refractivity contribution is 7.16. The van der Waals surface area contributed by atoms with Crippen LogP contribution in [0.2, 0.25) is 0 Å². The maximum absolute atomic E-state index is 13.7. The maximum atomic E-state index is 13.7. The molecule has 3 heterocycles. The highest BCUT2D eigenvalue weighted by Gasteiger charge is 2.45. The molecule has 1 saturated heterocycles. The fourth-order valence-corrected chi connectivity index (χ4v) is 7.46. The van der Waals surface area contributed by atoms with Crippen molar-refractivity contribution >= 4 is 33.8 Å². The Bertz CT molecular complexity index is 1990. The molecule has 5 aromatic rings. The third-order valence-corrected chi connectivity index (χ3v) is 10.1. The number of carbonyl (C=O) groups excluding carboxylic acids is 1. The molecule has 0 aliphatic carbocycles. The van der Waals surface area contributed by atoms with Gasteiger partial charge in [-0.3, -0.25) is 19.1 Å². The zero-order valence-corrected chi connectivity index (χ0v) is 29.0. The van der Waals surface area contributed by atoms with Crippen molar-refractivity contribution in [3.8, 4) is 5.75 Å². The Morgan fingerprint density at radius 1 is 1.04 bits per heavy atom. The van der Waals surface area contributed by atoms with Gasteiger partial charge in [-0.25, -0.2) is 4.79 Å². The summed E-state index contributed by atoms with van der Waals surface area (Å²) in [6, 6.07) is 27.2. The Hall–Kier alpha value is -4.98. The lowest BCUT2D eigenvalue weighted by atomic mass is 9.77. The molecule has 0 bridgehead atoms. The molecule has 3 aromatic carbocycles. The number of fused-ring (bicyclic) bond motifs is 1. The second-order valence-corrected chi connectivity index (χ2v) is 13.0. The first-order valence-corrected chi connectivity index (χ1v) is 17.4. The second-order valence-electron chi connectivity index (χ2n) is 12.1. The molecule has 0 spiro atoms. The molecule has 5 atom stereocenters. The minimum atomic E-state index is -1.07. The van der Waals surface area contributed by atoms with Crippen LogP contribution in [-0.2, 0) is 19.7 Å². The molecule has 6 rings (SSSR count). The van der Waals surface area contributed by atoms with E-state index in [2.05, 4.69) is 10.3 Å². The van der Waals surface area contributed by atoms with Crippen molar-refractivity contribution in [2.75, 3.05) is 19.0 Å². The van der Waals surface area contributed by atoms with Gasteiger partial charge in [-0.05, 0) is 55.5 Å². The summed E-state index contributed by atoms with van der Waals surface area (Å²) < 4.78 is 23.8. The van der Waals surface area contributed by atoms with Crippen molar-refractivity contribution in [3.63, 3.8) is 0 Å². The minimum Gasteiger partial charge on any atom is -0.497 e. The number of aliphatic hydroxyl groups excluding tert-OH is 1. The third kappa shape index (κ3) is 6.63. The predicted octanol–water partition coefficient (Wildman–Crippen LogP) is 5.80. The van der Waals surface area contributed by atoms with Gasteiger partial charge in [-0.2, -0.15) is 4.98 Å². The van der Waals surface area contributed by atoms with Gasteiger partial charge in [0.15, 0.2) is 5.65 Å². The van der Waals surface area contributed by atoms with E-state index in [9.17, 15) is 19.5 Å². The average Bonchev–Trinajstić information content (AvgIpc) is 3.72. The van der Waals surface area contributed by atoms with Gasteiger partial charge in [-0.1, -0.05) is 91.1 Å². The number of aromatic amines is 1. The number of thiazole rings is 1. The van der Waals surface area contributed by atoms with Gasteiger partial charge in [0, 0.05) is 5.92 Å². The van der Waals surface area contributed by atoms with E-state index in [1.807, 2.05) is 91.9 Å². The second kappa shape index (κ2) is 14.9. The number of benzene rings is 3. The van der Waals surface area contributed by atoms with Crippen molar-refractivity contribution in [3.05, 3.63) is 122 Å². The number of hydrogen-bond donors (Lipinski definition) is 3. The van der Waals surface area contributed by atoms with Crippen molar-refractivity contribution in [1.29, 1.82) is 0 Å². The highest BCUT2D eigenvalue weighted by Crippen LogP contribution is 2.42. The lowest BCUT2D eigenvalue weighted by Crippen LogP contribution is -2.39. The van der Waals surface area contributed by atoms with Gasteiger partial charge in [0.05, 0.1) is 25.9 Å². The number of aliphatic hydroxyl groups is 1. The van der Waals surface area contributed by atoms with Crippen LogP contribution in [0.5, 0.6) is 5.75 Å². The number of nitrogens with zero attached hydrogens (tertiary/aromatic N) is 2. The summed E-state index contributed by atoms with van der Waals surface area (Å²) in [5.41, 5.74) is 1.08. The monoisotopic (exact) mass is 700 g/mol. The highest BCUT2D eigenvalue weighted by atomic mass is 32.1. The molecule has 1 aliphatic rings. The first-order chi connectivity index (χ1) is 24.2. The number of ether oxygens (including phenoxy) is 4. The van der Waals surface area contributed by atoms with Crippen LogP contribution in [0.1, 0.15) is 56.5 Å². The van der Waals surface area contributed by atoms with Crippen LogP contribution in [0.25, 0.3) is 10.3 Å². The van der Waals surface area contributed by atoms with E-state index in [0.717, 1.165) is 28.0 Å². The van der Waals surface area contributed by atoms with E-state index in [1.54, 1.807) is 21.0 Å². The van der Waals surface area contributed by atoms with Crippen LogP contribution >= 0.6 is 11.3 Å². The Morgan fingerprint density at radius 2 is 1.66 bits per heavy atom. The van der Waals surface area contributed by atoms with E-state index in [-0.39, 0.29) is 22.9 Å². The quantitative estimate of drug-likeness (QED) is 0.108. The summed E-state index contributed by atoms with van der Waals surface area (Å²) >= 11 is 0.748. The zero-order valence-electron chi connectivity index (χ0n) is 28.2. The van der Waals surface area contributed by atoms with E-state index in [0.29, 0.717) is 18.6 Å². The van der Waals surface area contributed by atoms with Crippen LogP contribution in [0.3, 0.4) is 0 Å². The third-order valence-electron chi connectivity index (χ3n) is 9.15. The first-order valence-electron chi connectivity index (χ1n) is 16.6. The number of H-pyrrole nitrogens is 1. The van der Waals surface area contributed by atoms with Crippen LogP contribution in [-0.4, -0.2) is 57.8 Å². The van der Waals surface area contributed by atoms with E-state index >= 15 is 0 Å². The average molecular weight is 701 g/mol. The van der Waals surface area contributed by atoms with Gasteiger partial charge in [0.1, 0.15) is 28.3 Å². The fourth-order valence-electron chi connectivity index (χ4n) is 6.62. The van der Waals surface area contributed by atoms with Gasteiger partial charge < -0.3 is 29.4 Å². The Balaban J connectivity index is 1.51. The van der Waals surface area contributed by atoms with Crippen molar-refractivity contribution in [1.82, 2.24) is 14.5 Å². The molecule has 50 heavy (non-hydrogen) atoms. The fraction of sp³-hybridized carbons (Fsp3) is 0.351. The number of carbonyl (C=O) groups is 1. The molecule has 0 radical (unpaired) electrons. The van der Waals surface area contributed by atoms with Crippen LogP contribution < -0.4 is 20.5 Å². The zero-order chi connectivity index (χ0) is 35.4. The summed E-state index contributed by atoms with van der Waals surface area (Å²) in [6.07, 6.45) is -3.37. The van der Waals surface area contributed by atoms with Crippen LogP contribution in [0, 0.1) is 5.92 Å². The SMILES string of the molecule is CCOC(=O)O[C@H](C)[C@@H]1C[C@@H]([C@@H](O)CC)O[C@H]1n1c(=O)sc2c(=O)[nH]c(NC(c3ccccc3)(c3ccccc3)c3ccc(OC)cc3)nc21. The number of rotatable bonds is 12. The smallest absolute Gasteiger partial charge is 0.497 e. The van der Waals surface area contributed by atoms with Gasteiger partial charge >= 0.3 is 11.0 Å². The summed E-state index contributed by atoms with van der Waals surface area (Å²) in [5, 5.41) is 14.3. The van der Waals surface area contributed by atoms with Crippen LogP contribution in [0.4, 0.5) is 10.7 Å².